The Kier molecular flexibility index (Phi) is 4.54. The maximum absolute atomic E-state index is 12.1. The summed E-state index contributed by atoms with van der Waals surface area (Å²) in [6.07, 6.45) is 4.67. The van der Waals surface area contributed by atoms with Crippen molar-refractivity contribution in [3.05, 3.63) is 12.4 Å². The van der Waals surface area contributed by atoms with Gasteiger partial charge in [0.25, 0.3) is 0 Å². The summed E-state index contributed by atoms with van der Waals surface area (Å²) in [4.78, 5) is 21.9. The van der Waals surface area contributed by atoms with Gasteiger partial charge in [-0.25, -0.2) is 14.8 Å². The average molecular weight is 264 g/mol. The number of carbonyl (C=O) groups excluding carboxylic acids is 1. The zero-order valence-electron chi connectivity index (χ0n) is 11.4. The van der Waals surface area contributed by atoms with Crippen molar-refractivity contribution in [3.63, 3.8) is 0 Å². The van der Waals surface area contributed by atoms with Gasteiger partial charge in [-0.3, -0.25) is 5.32 Å². The minimum Gasteiger partial charge on any atom is -0.481 e. The van der Waals surface area contributed by atoms with Crippen LogP contribution in [-0.4, -0.2) is 41.1 Å². The molecule has 0 saturated carbocycles. The fourth-order valence-electron chi connectivity index (χ4n) is 2.17. The number of ether oxygens (including phenoxy) is 1. The summed E-state index contributed by atoms with van der Waals surface area (Å²) in [5, 5.41) is 2.78. The van der Waals surface area contributed by atoms with Crippen molar-refractivity contribution in [1.82, 2.24) is 14.9 Å². The lowest BCUT2D eigenvalue weighted by Gasteiger charge is -2.20. The fourth-order valence-corrected chi connectivity index (χ4v) is 2.17. The van der Waals surface area contributed by atoms with Crippen molar-refractivity contribution in [1.29, 1.82) is 0 Å². The normalized spacial score (nSPS) is 19.7. The number of nitrogens with zero attached hydrogens (tertiary/aromatic N) is 3. The van der Waals surface area contributed by atoms with E-state index in [0.717, 1.165) is 25.9 Å². The van der Waals surface area contributed by atoms with Crippen LogP contribution in [0.5, 0.6) is 5.88 Å². The van der Waals surface area contributed by atoms with Crippen LogP contribution in [0.15, 0.2) is 12.4 Å². The van der Waals surface area contributed by atoms with Crippen molar-refractivity contribution in [3.8, 4) is 5.88 Å². The predicted molar refractivity (Wildman–Crippen MR) is 72.2 cm³/mol. The molecule has 1 fully saturated rings. The molecule has 1 aromatic rings. The number of likely N-dealkylation sites (tertiary alicyclic amines) is 1. The highest BCUT2D eigenvalue weighted by Gasteiger charge is 2.18. The Morgan fingerprint density at radius 1 is 1.42 bits per heavy atom. The smallest absolute Gasteiger partial charge is 0.323 e. The van der Waals surface area contributed by atoms with Gasteiger partial charge in [-0.1, -0.05) is 6.92 Å². The lowest BCUT2D eigenvalue weighted by molar-refractivity contribution is 0.213. The van der Waals surface area contributed by atoms with E-state index in [9.17, 15) is 4.79 Å². The van der Waals surface area contributed by atoms with Gasteiger partial charge in [0, 0.05) is 19.2 Å². The van der Waals surface area contributed by atoms with Gasteiger partial charge in [0.05, 0.1) is 7.11 Å². The van der Waals surface area contributed by atoms with E-state index < -0.39 is 0 Å². The molecule has 0 aliphatic carbocycles. The molecule has 2 heterocycles. The van der Waals surface area contributed by atoms with Crippen molar-refractivity contribution < 1.29 is 9.53 Å². The molecule has 0 radical (unpaired) electrons. The van der Waals surface area contributed by atoms with Crippen LogP contribution < -0.4 is 10.1 Å². The highest BCUT2D eigenvalue weighted by Crippen LogP contribution is 2.17. The van der Waals surface area contributed by atoms with E-state index in [2.05, 4.69) is 22.2 Å². The van der Waals surface area contributed by atoms with Crippen LogP contribution in [0.2, 0.25) is 0 Å². The summed E-state index contributed by atoms with van der Waals surface area (Å²) >= 11 is 0. The van der Waals surface area contributed by atoms with E-state index in [1.54, 1.807) is 6.07 Å². The first-order valence-corrected chi connectivity index (χ1v) is 6.61. The molecule has 0 bridgehead atoms. The van der Waals surface area contributed by atoms with E-state index in [1.807, 2.05) is 4.90 Å². The number of amides is 2. The molecule has 6 nitrogen and oxygen atoms in total. The second-order valence-corrected chi connectivity index (χ2v) is 4.90. The van der Waals surface area contributed by atoms with Crippen LogP contribution >= 0.6 is 0 Å². The highest BCUT2D eigenvalue weighted by molar-refractivity contribution is 5.88. The first-order valence-electron chi connectivity index (χ1n) is 6.61. The number of rotatable bonds is 2. The number of hydrogen-bond acceptors (Lipinski definition) is 4. The maximum atomic E-state index is 12.1. The Bertz CT molecular complexity index is 438. The molecule has 104 valence electrons. The van der Waals surface area contributed by atoms with Gasteiger partial charge in [0.2, 0.25) is 5.88 Å². The Labute approximate surface area is 113 Å². The predicted octanol–water partition coefficient (Wildman–Crippen LogP) is 2.14. The lowest BCUT2D eigenvalue weighted by Crippen LogP contribution is -2.35. The third-order valence-electron chi connectivity index (χ3n) is 3.39. The van der Waals surface area contributed by atoms with E-state index in [-0.39, 0.29) is 6.03 Å². The summed E-state index contributed by atoms with van der Waals surface area (Å²) in [5.41, 5.74) is 0. The highest BCUT2D eigenvalue weighted by atomic mass is 16.5. The molecule has 6 heteroatoms. The second-order valence-electron chi connectivity index (χ2n) is 4.90. The van der Waals surface area contributed by atoms with Gasteiger partial charge in [-0.15, -0.1) is 0 Å². The van der Waals surface area contributed by atoms with E-state index in [0.29, 0.717) is 17.6 Å². The number of hydrogen-bond donors (Lipinski definition) is 1. The van der Waals surface area contributed by atoms with Gasteiger partial charge in [0.1, 0.15) is 12.1 Å². The van der Waals surface area contributed by atoms with Crippen molar-refractivity contribution in [2.45, 2.75) is 26.2 Å². The van der Waals surface area contributed by atoms with Crippen LogP contribution in [-0.2, 0) is 0 Å². The molecule has 1 saturated heterocycles. The summed E-state index contributed by atoms with van der Waals surface area (Å²) in [7, 11) is 1.53. The van der Waals surface area contributed by atoms with Gasteiger partial charge in [-0.2, -0.15) is 0 Å². The van der Waals surface area contributed by atoms with E-state index in [4.69, 9.17) is 4.74 Å². The molecular formula is C13H20N4O2. The number of urea groups is 1. The molecule has 0 spiro atoms. The SMILES string of the molecule is COc1cc(NC(=O)N2CCC[C@@H](C)CC2)ncn1. The van der Waals surface area contributed by atoms with Crippen LogP contribution in [0.3, 0.4) is 0 Å². The fraction of sp³-hybridized carbons (Fsp3) is 0.615. The molecular weight excluding hydrogens is 244 g/mol. The third kappa shape index (κ3) is 3.81. The van der Waals surface area contributed by atoms with Crippen molar-refractivity contribution >= 4 is 11.8 Å². The van der Waals surface area contributed by atoms with E-state index in [1.165, 1.54) is 19.9 Å². The van der Waals surface area contributed by atoms with Crippen LogP contribution in [0.1, 0.15) is 26.2 Å². The summed E-state index contributed by atoms with van der Waals surface area (Å²) < 4.78 is 5.00. The quantitative estimate of drug-likeness (QED) is 0.888. The first-order chi connectivity index (χ1) is 9.19. The topological polar surface area (TPSA) is 67.3 Å². The Hall–Kier alpha value is -1.85. The molecule has 2 amide bonds. The Morgan fingerprint density at radius 3 is 3.05 bits per heavy atom. The maximum Gasteiger partial charge on any atom is 0.323 e. The molecule has 0 unspecified atom stereocenters. The second kappa shape index (κ2) is 6.36. The molecule has 2 rings (SSSR count). The van der Waals surface area contributed by atoms with Crippen LogP contribution in [0.4, 0.5) is 10.6 Å². The van der Waals surface area contributed by atoms with Crippen LogP contribution in [0.25, 0.3) is 0 Å². The third-order valence-corrected chi connectivity index (χ3v) is 3.39. The van der Waals surface area contributed by atoms with Crippen LogP contribution in [0, 0.1) is 5.92 Å². The number of methoxy groups -OCH3 is 1. The molecule has 1 aromatic heterocycles. The first kappa shape index (κ1) is 13.6. The summed E-state index contributed by atoms with van der Waals surface area (Å²) in [6, 6.07) is 1.51. The minimum atomic E-state index is -0.102. The van der Waals surface area contributed by atoms with Gasteiger partial charge in [-0.05, 0) is 25.2 Å². The standard InChI is InChI=1S/C13H20N4O2/c1-10-4-3-6-17(7-5-10)13(18)16-11-8-12(19-2)15-9-14-11/h8-10H,3-7H2,1-2H3,(H,14,15,16,18)/t10-/m1/s1. The molecule has 1 N–H and O–H groups in total. The largest absolute Gasteiger partial charge is 0.481 e. The zero-order chi connectivity index (χ0) is 13.7. The zero-order valence-corrected chi connectivity index (χ0v) is 11.4. The molecule has 1 aliphatic rings. The summed E-state index contributed by atoms with van der Waals surface area (Å²) in [5.74, 6) is 1.60. The number of anilines is 1. The van der Waals surface area contributed by atoms with Gasteiger partial charge >= 0.3 is 6.03 Å². The molecule has 1 atom stereocenters. The van der Waals surface area contributed by atoms with E-state index >= 15 is 0 Å². The average Bonchev–Trinajstić information content (AvgIpc) is 2.64. The van der Waals surface area contributed by atoms with Crippen molar-refractivity contribution in [2.75, 3.05) is 25.5 Å². The Morgan fingerprint density at radius 2 is 2.26 bits per heavy atom. The lowest BCUT2D eigenvalue weighted by atomic mass is 10.0. The van der Waals surface area contributed by atoms with Gasteiger partial charge < -0.3 is 9.64 Å². The molecule has 1 aliphatic heterocycles. The Balaban J connectivity index is 1.96. The van der Waals surface area contributed by atoms with Crippen molar-refractivity contribution in [2.24, 2.45) is 5.92 Å². The number of aromatic nitrogens is 2. The molecule has 19 heavy (non-hydrogen) atoms. The summed E-state index contributed by atoms with van der Waals surface area (Å²) in [6.45, 7) is 3.84. The number of carbonyl (C=O) groups is 1. The number of nitrogens with one attached hydrogen (secondary N) is 1. The van der Waals surface area contributed by atoms with Gasteiger partial charge in [0.15, 0.2) is 0 Å². The minimum absolute atomic E-state index is 0.102. The monoisotopic (exact) mass is 264 g/mol. The molecule has 0 aromatic carbocycles.